The molecule has 0 radical (unpaired) electrons. The van der Waals surface area contributed by atoms with Gasteiger partial charge < -0.3 is 14.8 Å². The molecule has 3 N–H and O–H groups in total. The molecule has 20 heavy (non-hydrogen) atoms. The number of hydrogen-bond acceptors (Lipinski definition) is 3. The quantitative estimate of drug-likeness (QED) is 0.713. The number of benzene rings is 1. The number of quaternary nitrogens is 1. The molecule has 1 aromatic rings. The van der Waals surface area contributed by atoms with Gasteiger partial charge in [-0.1, -0.05) is 30.3 Å². The fraction of sp³-hybridized carbons (Fsp3) is 0.467. The van der Waals surface area contributed by atoms with Crippen molar-refractivity contribution in [1.82, 2.24) is 0 Å². The summed E-state index contributed by atoms with van der Waals surface area (Å²) in [4.78, 5) is 0. The van der Waals surface area contributed by atoms with E-state index in [1.54, 1.807) is 19.7 Å². The average molecular weight is 298 g/mol. The molecule has 0 spiro atoms. The Balaban J connectivity index is 2.49. The van der Waals surface area contributed by atoms with Crippen LogP contribution in [-0.2, 0) is 20.0 Å². The summed E-state index contributed by atoms with van der Waals surface area (Å²) in [6.45, 7) is 4.34. The van der Waals surface area contributed by atoms with Gasteiger partial charge in [-0.15, -0.1) is 0 Å². The van der Waals surface area contributed by atoms with Crippen LogP contribution in [0.3, 0.4) is 0 Å². The number of aryl methyl sites for hydroxylation is 1. The first-order valence-corrected chi connectivity index (χ1v) is 8.66. The van der Waals surface area contributed by atoms with Crippen molar-refractivity contribution in [3.63, 3.8) is 0 Å². The zero-order chi connectivity index (χ0) is 14.8. The van der Waals surface area contributed by atoms with E-state index < -0.39 is 7.60 Å². The molecule has 0 bridgehead atoms. The van der Waals surface area contributed by atoms with Crippen LogP contribution in [-0.4, -0.2) is 19.3 Å². The molecule has 112 valence electrons. The Morgan fingerprint density at radius 3 is 2.35 bits per heavy atom. The van der Waals surface area contributed by atoms with E-state index in [4.69, 9.17) is 9.05 Å². The first kappa shape index (κ1) is 17.1. The SMILES string of the molecule is CCOP(=O)(/C=C/C([NH3+])CCc1ccccc1)OCC. The molecule has 1 unspecified atom stereocenters. The average Bonchev–Trinajstić information content (AvgIpc) is 2.45. The second-order valence-corrected chi connectivity index (χ2v) is 6.40. The van der Waals surface area contributed by atoms with Crippen molar-refractivity contribution in [3.05, 3.63) is 47.8 Å². The molecule has 0 fully saturated rings. The minimum Gasteiger partial charge on any atom is -0.352 e. The highest BCUT2D eigenvalue weighted by Crippen LogP contribution is 2.49. The first-order chi connectivity index (χ1) is 9.59. The molecule has 4 nitrogen and oxygen atoms in total. The maximum absolute atomic E-state index is 12.2. The summed E-state index contributed by atoms with van der Waals surface area (Å²) in [5.74, 6) is 1.54. The highest BCUT2D eigenvalue weighted by molar-refractivity contribution is 7.57. The molecule has 0 aliphatic rings. The summed E-state index contributed by atoms with van der Waals surface area (Å²) < 4.78 is 22.6. The van der Waals surface area contributed by atoms with E-state index >= 15 is 0 Å². The van der Waals surface area contributed by atoms with E-state index in [9.17, 15) is 4.57 Å². The molecule has 0 aliphatic heterocycles. The minimum atomic E-state index is -3.09. The van der Waals surface area contributed by atoms with Gasteiger partial charge in [-0.3, -0.25) is 4.57 Å². The van der Waals surface area contributed by atoms with Crippen molar-refractivity contribution < 1.29 is 19.3 Å². The summed E-state index contributed by atoms with van der Waals surface area (Å²) in [6.07, 6.45) is 3.68. The Morgan fingerprint density at radius 2 is 1.80 bits per heavy atom. The van der Waals surface area contributed by atoms with Crippen LogP contribution in [0.1, 0.15) is 25.8 Å². The summed E-state index contributed by atoms with van der Waals surface area (Å²) in [5.41, 5.74) is 5.34. The molecule has 1 atom stereocenters. The second-order valence-electron chi connectivity index (χ2n) is 4.50. The molecule has 1 rings (SSSR count). The summed E-state index contributed by atoms with van der Waals surface area (Å²) in [5, 5.41) is 0. The van der Waals surface area contributed by atoms with Crippen molar-refractivity contribution in [1.29, 1.82) is 0 Å². The maximum Gasteiger partial charge on any atom is 0.354 e. The Kier molecular flexibility index (Phi) is 7.78. The fourth-order valence-corrected chi connectivity index (χ4v) is 3.22. The van der Waals surface area contributed by atoms with Gasteiger partial charge in [-0.05, 0) is 31.9 Å². The number of hydrogen-bond donors (Lipinski definition) is 1. The normalized spacial score (nSPS) is 13.8. The monoisotopic (exact) mass is 298 g/mol. The van der Waals surface area contributed by atoms with Gasteiger partial charge in [0.1, 0.15) is 6.04 Å². The van der Waals surface area contributed by atoms with Gasteiger partial charge in [-0.2, -0.15) is 0 Å². The van der Waals surface area contributed by atoms with E-state index in [-0.39, 0.29) is 6.04 Å². The summed E-state index contributed by atoms with van der Waals surface area (Å²) in [6, 6.07) is 10.3. The van der Waals surface area contributed by atoms with Crippen molar-refractivity contribution in [2.75, 3.05) is 13.2 Å². The van der Waals surface area contributed by atoms with Crippen molar-refractivity contribution in [3.8, 4) is 0 Å². The molecule has 0 saturated carbocycles. The fourth-order valence-electron chi connectivity index (χ4n) is 1.80. The zero-order valence-corrected chi connectivity index (χ0v) is 13.2. The molecule has 0 aliphatic carbocycles. The lowest BCUT2D eigenvalue weighted by Gasteiger charge is -2.13. The van der Waals surface area contributed by atoms with Gasteiger partial charge in [0.25, 0.3) is 0 Å². The van der Waals surface area contributed by atoms with Gasteiger partial charge in [-0.25, -0.2) is 0 Å². The van der Waals surface area contributed by atoms with E-state index in [1.165, 1.54) is 5.56 Å². The van der Waals surface area contributed by atoms with Crippen LogP contribution in [0.5, 0.6) is 0 Å². The highest BCUT2D eigenvalue weighted by atomic mass is 31.2. The van der Waals surface area contributed by atoms with Gasteiger partial charge in [0.05, 0.1) is 13.2 Å². The highest BCUT2D eigenvalue weighted by Gasteiger charge is 2.19. The smallest absolute Gasteiger partial charge is 0.352 e. The van der Waals surface area contributed by atoms with Crippen LogP contribution in [0, 0.1) is 0 Å². The molecule has 1 aromatic carbocycles. The second kappa shape index (κ2) is 9.09. The Labute approximate surface area is 121 Å². The van der Waals surface area contributed by atoms with Crippen molar-refractivity contribution >= 4 is 7.60 Å². The van der Waals surface area contributed by atoms with Crippen LogP contribution in [0.4, 0.5) is 0 Å². The lowest BCUT2D eigenvalue weighted by Crippen LogP contribution is -2.59. The minimum absolute atomic E-state index is 0.0874. The van der Waals surface area contributed by atoms with Crippen molar-refractivity contribution in [2.45, 2.75) is 32.7 Å². The third-order valence-corrected chi connectivity index (χ3v) is 4.58. The van der Waals surface area contributed by atoms with Crippen LogP contribution >= 0.6 is 7.60 Å². The predicted octanol–water partition coefficient (Wildman–Crippen LogP) is 3.01. The van der Waals surface area contributed by atoms with Gasteiger partial charge in [0.15, 0.2) is 0 Å². The van der Waals surface area contributed by atoms with Crippen molar-refractivity contribution in [2.24, 2.45) is 0 Å². The lowest BCUT2D eigenvalue weighted by molar-refractivity contribution is -0.404. The topological polar surface area (TPSA) is 63.2 Å². The summed E-state index contributed by atoms with van der Waals surface area (Å²) >= 11 is 0. The standard InChI is InChI=1S/C15H24NO3P/c1-3-18-20(17,19-4-2)13-12-15(16)11-10-14-8-6-5-7-9-14/h5-9,12-13,15H,3-4,10-11,16H2,1-2H3/p+1/b13-12+. The van der Waals surface area contributed by atoms with Crippen LogP contribution in [0.2, 0.25) is 0 Å². The first-order valence-electron chi connectivity index (χ1n) is 7.04. The largest absolute Gasteiger partial charge is 0.354 e. The maximum atomic E-state index is 12.2. The van der Waals surface area contributed by atoms with Gasteiger partial charge in [0, 0.05) is 12.2 Å². The Morgan fingerprint density at radius 1 is 1.20 bits per heavy atom. The Bertz CT molecular complexity index is 438. The third-order valence-electron chi connectivity index (χ3n) is 2.81. The lowest BCUT2D eigenvalue weighted by atomic mass is 10.1. The van der Waals surface area contributed by atoms with E-state index in [0.717, 1.165) is 12.8 Å². The van der Waals surface area contributed by atoms with E-state index in [2.05, 4.69) is 17.9 Å². The third kappa shape index (κ3) is 6.49. The van der Waals surface area contributed by atoms with E-state index in [1.807, 2.05) is 24.3 Å². The molecule has 0 aromatic heterocycles. The van der Waals surface area contributed by atoms with E-state index in [0.29, 0.717) is 13.2 Å². The van der Waals surface area contributed by atoms with Crippen LogP contribution in [0.25, 0.3) is 0 Å². The molecule has 0 amide bonds. The number of rotatable bonds is 9. The molecule has 5 heteroatoms. The van der Waals surface area contributed by atoms with Gasteiger partial charge >= 0.3 is 7.60 Å². The van der Waals surface area contributed by atoms with Crippen LogP contribution < -0.4 is 5.73 Å². The van der Waals surface area contributed by atoms with Crippen LogP contribution in [0.15, 0.2) is 42.2 Å². The molecular formula is C15H25NO3P+. The summed E-state index contributed by atoms with van der Waals surface area (Å²) in [7, 11) is -3.09. The predicted molar refractivity (Wildman–Crippen MR) is 81.4 cm³/mol. The Hall–Kier alpha value is -0.930. The van der Waals surface area contributed by atoms with Gasteiger partial charge in [0.2, 0.25) is 0 Å². The molecule has 0 saturated heterocycles. The molecule has 0 heterocycles. The zero-order valence-electron chi connectivity index (χ0n) is 12.3. The molecular weight excluding hydrogens is 273 g/mol.